The Morgan fingerprint density at radius 1 is 1.21 bits per heavy atom. The Morgan fingerprint density at radius 3 is 2.63 bits per heavy atom. The molecule has 0 radical (unpaired) electrons. The first-order chi connectivity index (χ1) is 9.35. The van der Waals surface area contributed by atoms with Crippen LogP contribution in [0.3, 0.4) is 0 Å². The molecule has 0 spiro atoms. The maximum atomic E-state index is 6.00. The highest BCUT2D eigenvalue weighted by atomic mass is 16.7. The van der Waals surface area contributed by atoms with Gasteiger partial charge in [0, 0.05) is 18.4 Å². The Bertz CT molecular complexity index is 400. The molecule has 0 unspecified atom stereocenters. The Hall–Kier alpha value is -1.10. The summed E-state index contributed by atoms with van der Waals surface area (Å²) in [5.41, 5.74) is 1.07. The number of benzene rings is 1. The summed E-state index contributed by atoms with van der Waals surface area (Å²) in [5.74, 6) is 0.861. The minimum atomic E-state index is -0.210. The van der Waals surface area contributed by atoms with Crippen molar-refractivity contribution in [1.82, 2.24) is 0 Å². The maximum absolute atomic E-state index is 6.00. The minimum absolute atomic E-state index is 0.210. The molecule has 0 aromatic heterocycles. The molecule has 2 saturated heterocycles. The van der Waals surface area contributed by atoms with Gasteiger partial charge >= 0.3 is 0 Å². The van der Waals surface area contributed by atoms with E-state index in [9.17, 15) is 0 Å². The summed E-state index contributed by atoms with van der Waals surface area (Å²) < 4.78 is 16.9. The van der Waals surface area contributed by atoms with Gasteiger partial charge in [0.15, 0.2) is 6.29 Å². The van der Waals surface area contributed by atoms with Crippen LogP contribution in [-0.2, 0) is 9.47 Å². The van der Waals surface area contributed by atoms with E-state index in [1.807, 2.05) is 24.3 Å². The molecule has 1 aromatic carbocycles. The van der Waals surface area contributed by atoms with Crippen molar-refractivity contribution < 1.29 is 19.1 Å². The molecule has 2 atom stereocenters. The zero-order valence-corrected chi connectivity index (χ0v) is 11.4. The van der Waals surface area contributed by atoms with Crippen molar-refractivity contribution in [2.75, 3.05) is 33.4 Å². The summed E-state index contributed by atoms with van der Waals surface area (Å²) in [6.45, 7) is 4.35. The fourth-order valence-corrected chi connectivity index (χ4v) is 2.89. The van der Waals surface area contributed by atoms with Crippen LogP contribution in [0.5, 0.6) is 5.75 Å². The van der Waals surface area contributed by atoms with E-state index in [-0.39, 0.29) is 12.4 Å². The van der Waals surface area contributed by atoms with Crippen LogP contribution in [0.15, 0.2) is 24.3 Å². The van der Waals surface area contributed by atoms with Gasteiger partial charge in [-0.3, -0.25) is 0 Å². The van der Waals surface area contributed by atoms with Gasteiger partial charge in [0.25, 0.3) is 0 Å². The molecular weight excluding hydrogens is 242 g/mol. The Morgan fingerprint density at radius 2 is 1.95 bits per heavy atom. The van der Waals surface area contributed by atoms with Gasteiger partial charge in [-0.15, -0.1) is 0 Å². The number of quaternary nitrogens is 1. The molecule has 3 rings (SSSR count). The fraction of sp³-hybridized carbons (Fsp3) is 0.600. The molecule has 0 bridgehead atoms. The summed E-state index contributed by atoms with van der Waals surface area (Å²) in [6, 6.07) is 7.91. The smallest absolute Gasteiger partial charge is 0.184 e. The SMILES string of the molecule is COc1ccc([C@@H]2OC[C@@H](C[NH+]3CCCC3)O2)cc1. The number of hydrogen-bond donors (Lipinski definition) is 1. The summed E-state index contributed by atoms with van der Waals surface area (Å²) in [4.78, 5) is 1.66. The summed E-state index contributed by atoms with van der Waals surface area (Å²) >= 11 is 0. The van der Waals surface area contributed by atoms with Gasteiger partial charge in [-0.2, -0.15) is 0 Å². The number of nitrogens with one attached hydrogen (secondary N) is 1. The van der Waals surface area contributed by atoms with Crippen LogP contribution < -0.4 is 9.64 Å². The van der Waals surface area contributed by atoms with E-state index >= 15 is 0 Å². The van der Waals surface area contributed by atoms with Gasteiger partial charge < -0.3 is 19.1 Å². The summed E-state index contributed by atoms with van der Waals surface area (Å²) in [5, 5.41) is 0. The van der Waals surface area contributed by atoms with E-state index in [2.05, 4.69) is 0 Å². The highest BCUT2D eigenvalue weighted by Gasteiger charge is 2.31. The Balaban J connectivity index is 1.55. The first-order valence-corrected chi connectivity index (χ1v) is 7.10. The first kappa shape index (κ1) is 12.9. The van der Waals surface area contributed by atoms with Crippen LogP contribution in [-0.4, -0.2) is 39.5 Å². The second-order valence-corrected chi connectivity index (χ2v) is 5.36. The van der Waals surface area contributed by atoms with Crippen LogP contribution >= 0.6 is 0 Å². The molecule has 2 heterocycles. The van der Waals surface area contributed by atoms with Crippen LogP contribution in [0.4, 0.5) is 0 Å². The van der Waals surface area contributed by atoms with Crippen molar-refractivity contribution in [3.05, 3.63) is 29.8 Å². The number of likely N-dealkylation sites (tertiary alicyclic amines) is 1. The number of ether oxygens (including phenoxy) is 3. The van der Waals surface area contributed by atoms with E-state index in [0.29, 0.717) is 6.61 Å². The zero-order valence-electron chi connectivity index (χ0n) is 11.4. The quantitative estimate of drug-likeness (QED) is 0.872. The largest absolute Gasteiger partial charge is 0.497 e. The lowest BCUT2D eigenvalue weighted by Crippen LogP contribution is -3.11. The topological polar surface area (TPSA) is 32.1 Å². The third kappa shape index (κ3) is 3.08. The predicted octanol–water partition coefficient (Wildman–Crippen LogP) is 0.788. The van der Waals surface area contributed by atoms with Crippen LogP contribution in [0.2, 0.25) is 0 Å². The second kappa shape index (κ2) is 5.90. The van der Waals surface area contributed by atoms with Gasteiger partial charge in [0.1, 0.15) is 18.4 Å². The molecule has 2 aliphatic rings. The van der Waals surface area contributed by atoms with Crippen molar-refractivity contribution in [2.24, 2.45) is 0 Å². The molecule has 1 aromatic rings. The molecule has 0 amide bonds. The van der Waals surface area contributed by atoms with Gasteiger partial charge in [-0.1, -0.05) is 12.1 Å². The van der Waals surface area contributed by atoms with Crippen molar-refractivity contribution in [3.63, 3.8) is 0 Å². The van der Waals surface area contributed by atoms with E-state index in [0.717, 1.165) is 17.9 Å². The van der Waals surface area contributed by atoms with Gasteiger partial charge in [-0.05, 0) is 12.1 Å². The van der Waals surface area contributed by atoms with E-state index in [4.69, 9.17) is 14.2 Å². The molecule has 1 N–H and O–H groups in total. The van der Waals surface area contributed by atoms with Crippen molar-refractivity contribution in [3.8, 4) is 5.75 Å². The molecule has 4 nitrogen and oxygen atoms in total. The Kier molecular flexibility index (Phi) is 4.01. The zero-order chi connectivity index (χ0) is 13.1. The molecule has 19 heavy (non-hydrogen) atoms. The lowest BCUT2D eigenvalue weighted by atomic mass is 10.2. The predicted molar refractivity (Wildman–Crippen MR) is 71.4 cm³/mol. The van der Waals surface area contributed by atoms with Crippen molar-refractivity contribution in [2.45, 2.75) is 25.2 Å². The average molecular weight is 264 g/mol. The van der Waals surface area contributed by atoms with Gasteiger partial charge in [0.2, 0.25) is 0 Å². The molecule has 4 heteroatoms. The Labute approximate surface area is 114 Å². The third-order valence-corrected chi connectivity index (χ3v) is 3.96. The normalized spacial score (nSPS) is 27.8. The van der Waals surface area contributed by atoms with E-state index in [1.165, 1.54) is 25.9 Å². The molecule has 0 saturated carbocycles. The van der Waals surface area contributed by atoms with Gasteiger partial charge in [0.05, 0.1) is 26.8 Å². The van der Waals surface area contributed by atoms with E-state index in [1.54, 1.807) is 12.0 Å². The van der Waals surface area contributed by atoms with Crippen molar-refractivity contribution >= 4 is 0 Å². The average Bonchev–Trinajstić information content (AvgIpc) is 3.11. The highest BCUT2D eigenvalue weighted by molar-refractivity contribution is 5.28. The lowest BCUT2D eigenvalue weighted by Gasteiger charge is -2.16. The van der Waals surface area contributed by atoms with Crippen molar-refractivity contribution in [1.29, 1.82) is 0 Å². The second-order valence-electron chi connectivity index (χ2n) is 5.36. The monoisotopic (exact) mass is 264 g/mol. The summed E-state index contributed by atoms with van der Waals surface area (Å²) in [7, 11) is 1.67. The van der Waals surface area contributed by atoms with Crippen LogP contribution in [0.25, 0.3) is 0 Å². The number of hydrogen-bond acceptors (Lipinski definition) is 3. The molecule has 2 aliphatic heterocycles. The minimum Gasteiger partial charge on any atom is -0.497 e. The lowest BCUT2D eigenvalue weighted by molar-refractivity contribution is -0.890. The van der Waals surface area contributed by atoms with Gasteiger partial charge in [-0.25, -0.2) is 0 Å². The van der Waals surface area contributed by atoms with E-state index < -0.39 is 0 Å². The number of rotatable bonds is 4. The maximum Gasteiger partial charge on any atom is 0.184 e. The summed E-state index contributed by atoms with van der Waals surface area (Å²) in [6.07, 6.45) is 2.73. The van der Waals surface area contributed by atoms with Crippen LogP contribution in [0, 0.1) is 0 Å². The highest BCUT2D eigenvalue weighted by Crippen LogP contribution is 2.27. The standard InChI is InChI=1S/C15H21NO3/c1-17-13-6-4-12(5-7-13)15-18-11-14(19-15)10-16-8-2-3-9-16/h4-7,14-15H,2-3,8-11H2,1H3/p+1/t14-,15-/m1/s1. The first-order valence-electron chi connectivity index (χ1n) is 7.10. The third-order valence-electron chi connectivity index (χ3n) is 3.96. The fourth-order valence-electron chi connectivity index (χ4n) is 2.89. The van der Waals surface area contributed by atoms with Crippen LogP contribution in [0.1, 0.15) is 24.7 Å². The molecular formula is C15H22NO3+. The molecule has 2 fully saturated rings. The number of methoxy groups -OCH3 is 1. The molecule has 0 aliphatic carbocycles. The molecule has 104 valence electrons.